The fourth-order valence-electron chi connectivity index (χ4n) is 3.62. The Bertz CT molecular complexity index is 851. The van der Waals surface area contributed by atoms with E-state index >= 15 is 0 Å². The summed E-state index contributed by atoms with van der Waals surface area (Å²) < 4.78 is 45.2. The lowest BCUT2D eigenvalue weighted by molar-refractivity contribution is -0.137. The third-order valence-electron chi connectivity index (χ3n) is 4.72. The predicted octanol–water partition coefficient (Wildman–Crippen LogP) is 5.15. The molecule has 0 unspecified atom stereocenters. The third-order valence-corrected chi connectivity index (χ3v) is 5.05. The number of nitrogens with zero attached hydrogens (tertiary/aromatic N) is 1. The van der Waals surface area contributed by atoms with Crippen LogP contribution in [0.25, 0.3) is 0 Å². The van der Waals surface area contributed by atoms with Crippen molar-refractivity contribution < 1.29 is 22.7 Å². The molecule has 1 fully saturated rings. The van der Waals surface area contributed by atoms with E-state index in [9.17, 15) is 18.0 Å². The van der Waals surface area contributed by atoms with Crippen LogP contribution < -0.4 is 5.32 Å². The topological polar surface area (TPSA) is 41.6 Å². The minimum Gasteiger partial charge on any atom is -0.373 e. The summed E-state index contributed by atoms with van der Waals surface area (Å²) in [7, 11) is 0. The van der Waals surface area contributed by atoms with Gasteiger partial charge in [-0.2, -0.15) is 13.2 Å². The van der Waals surface area contributed by atoms with E-state index in [1.807, 2.05) is 49.1 Å². The number of hydrogen-bond acceptors (Lipinski definition) is 3. The molecule has 0 aromatic heterocycles. The van der Waals surface area contributed by atoms with Gasteiger partial charge in [-0.1, -0.05) is 41.9 Å². The van der Waals surface area contributed by atoms with Crippen molar-refractivity contribution in [3.05, 3.63) is 64.7 Å². The van der Waals surface area contributed by atoms with Crippen molar-refractivity contribution in [2.75, 3.05) is 18.4 Å². The first-order valence-electron chi connectivity index (χ1n) is 9.27. The second-order valence-electron chi connectivity index (χ2n) is 7.21. The van der Waals surface area contributed by atoms with Gasteiger partial charge in [-0.05, 0) is 37.6 Å². The molecule has 29 heavy (non-hydrogen) atoms. The van der Waals surface area contributed by atoms with E-state index in [0.29, 0.717) is 13.1 Å². The third kappa shape index (κ3) is 5.29. The monoisotopic (exact) mass is 426 g/mol. The molecule has 1 aliphatic rings. The second kappa shape index (κ2) is 8.73. The van der Waals surface area contributed by atoms with Crippen LogP contribution in [-0.2, 0) is 15.7 Å². The Morgan fingerprint density at radius 2 is 1.76 bits per heavy atom. The molecular formula is C21H22ClF3N2O2. The van der Waals surface area contributed by atoms with Gasteiger partial charge >= 0.3 is 6.18 Å². The van der Waals surface area contributed by atoms with Crippen molar-refractivity contribution in [1.82, 2.24) is 4.90 Å². The lowest BCUT2D eigenvalue weighted by Crippen LogP contribution is -2.49. The summed E-state index contributed by atoms with van der Waals surface area (Å²) >= 11 is 5.67. The molecule has 1 saturated heterocycles. The Kier molecular flexibility index (Phi) is 6.51. The number of carbonyl (C=O) groups is 1. The van der Waals surface area contributed by atoms with Crippen molar-refractivity contribution in [2.24, 2.45) is 0 Å². The molecule has 4 nitrogen and oxygen atoms in total. The van der Waals surface area contributed by atoms with Crippen LogP contribution in [0, 0.1) is 0 Å². The number of morpholine rings is 1. The van der Waals surface area contributed by atoms with Gasteiger partial charge in [-0.15, -0.1) is 0 Å². The van der Waals surface area contributed by atoms with E-state index in [1.165, 1.54) is 6.07 Å². The van der Waals surface area contributed by atoms with E-state index in [1.54, 1.807) is 0 Å². The number of benzene rings is 2. The van der Waals surface area contributed by atoms with E-state index in [0.717, 1.165) is 17.7 Å². The van der Waals surface area contributed by atoms with Crippen LogP contribution >= 0.6 is 11.6 Å². The first-order valence-corrected chi connectivity index (χ1v) is 9.65. The first kappa shape index (κ1) is 21.6. The van der Waals surface area contributed by atoms with E-state index in [4.69, 9.17) is 16.3 Å². The molecule has 0 bridgehead atoms. The number of anilines is 1. The number of amides is 1. The minimum atomic E-state index is -4.61. The van der Waals surface area contributed by atoms with Gasteiger partial charge in [0.25, 0.3) is 0 Å². The molecule has 0 aliphatic carbocycles. The second-order valence-corrected chi connectivity index (χ2v) is 7.61. The van der Waals surface area contributed by atoms with E-state index < -0.39 is 28.7 Å². The fourth-order valence-corrected chi connectivity index (χ4v) is 3.85. The van der Waals surface area contributed by atoms with Crippen LogP contribution in [-0.4, -0.2) is 36.1 Å². The van der Waals surface area contributed by atoms with Crippen LogP contribution in [0.5, 0.6) is 0 Å². The number of rotatable bonds is 4. The maximum absolute atomic E-state index is 13.2. The SMILES string of the molecule is C[C@@H]1CN([C@H](C(=O)Nc2ccc(Cl)c(C(F)(F)F)c2)c2ccccc2)C[C@H](C)O1. The van der Waals surface area contributed by atoms with Crippen LogP contribution in [0.3, 0.4) is 0 Å². The van der Waals surface area contributed by atoms with Crippen LogP contribution in [0.2, 0.25) is 5.02 Å². The highest BCUT2D eigenvalue weighted by atomic mass is 35.5. The first-order chi connectivity index (χ1) is 13.6. The van der Waals surface area contributed by atoms with Gasteiger partial charge in [0, 0.05) is 18.8 Å². The summed E-state index contributed by atoms with van der Waals surface area (Å²) in [6.07, 6.45) is -4.73. The maximum atomic E-state index is 13.2. The zero-order chi connectivity index (χ0) is 21.2. The van der Waals surface area contributed by atoms with Crippen molar-refractivity contribution in [2.45, 2.75) is 38.3 Å². The zero-order valence-corrected chi connectivity index (χ0v) is 16.8. The Morgan fingerprint density at radius 3 is 2.34 bits per heavy atom. The summed E-state index contributed by atoms with van der Waals surface area (Å²) in [6, 6.07) is 11.9. The summed E-state index contributed by atoms with van der Waals surface area (Å²) in [6.45, 7) is 4.92. The van der Waals surface area contributed by atoms with E-state index in [-0.39, 0.29) is 17.9 Å². The predicted molar refractivity (Wildman–Crippen MR) is 106 cm³/mol. The van der Waals surface area contributed by atoms with E-state index in [2.05, 4.69) is 5.32 Å². The fraction of sp³-hybridized carbons (Fsp3) is 0.381. The summed E-state index contributed by atoms with van der Waals surface area (Å²) in [4.78, 5) is 15.2. The molecule has 3 atom stereocenters. The lowest BCUT2D eigenvalue weighted by Gasteiger charge is -2.39. The average Bonchev–Trinajstić information content (AvgIpc) is 2.63. The number of alkyl halides is 3. The average molecular weight is 427 g/mol. The van der Waals surface area contributed by atoms with Crippen molar-refractivity contribution in [3.8, 4) is 0 Å². The molecule has 8 heteroatoms. The molecule has 2 aromatic rings. The Morgan fingerprint density at radius 1 is 1.14 bits per heavy atom. The molecule has 0 radical (unpaired) electrons. The molecule has 156 valence electrons. The molecule has 1 N–H and O–H groups in total. The van der Waals surface area contributed by atoms with Crippen molar-refractivity contribution >= 4 is 23.2 Å². The number of nitrogens with one attached hydrogen (secondary N) is 1. The lowest BCUT2D eigenvalue weighted by atomic mass is 10.0. The highest BCUT2D eigenvalue weighted by molar-refractivity contribution is 6.31. The summed E-state index contributed by atoms with van der Waals surface area (Å²) in [5, 5.41) is 2.22. The van der Waals surface area contributed by atoms with Gasteiger partial charge in [-0.3, -0.25) is 9.69 Å². The van der Waals surface area contributed by atoms with Gasteiger partial charge in [0.15, 0.2) is 0 Å². The smallest absolute Gasteiger partial charge is 0.373 e. The van der Waals surface area contributed by atoms with Gasteiger partial charge in [0.2, 0.25) is 5.91 Å². The molecule has 2 aromatic carbocycles. The molecular weight excluding hydrogens is 405 g/mol. The molecule has 1 aliphatic heterocycles. The quantitative estimate of drug-likeness (QED) is 0.735. The zero-order valence-electron chi connectivity index (χ0n) is 16.0. The van der Waals surface area contributed by atoms with Gasteiger partial charge < -0.3 is 10.1 Å². The van der Waals surface area contributed by atoms with Crippen molar-refractivity contribution in [3.63, 3.8) is 0 Å². The van der Waals surface area contributed by atoms with Gasteiger partial charge in [-0.25, -0.2) is 0 Å². The van der Waals surface area contributed by atoms with Crippen LogP contribution in [0.4, 0.5) is 18.9 Å². The Labute approximate surface area is 172 Å². The van der Waals surface area contributed by atoms with Crippen molar-refractivity contribution in [1.29, 1.82) is 0 Å². The normalized spacial score (nSPS) is 21.6. The Balaban J connectivity index is 1.90. The highest BCUT2D eigenvalue weighted by Gasteiger charge is 2.35. The minimum absolute atomic E-state index is 0.0435. The number of carbonyl (C=O) groups excluding carboxylic acids is 1. The van der Waals surface area contributed by atoms with Gasteiger partial charge in [0.1, 0.15) is 6.04 Å². The van der Waals surface area contributed by atoms with Crippen LogP contribution in [0.1, 0.15) is 31.0 Å². The molecule has 0 spiro atoms. The number of ether oxygens (including phenoxy) is 1. The standard InChI is InChI=1S/C21H22ClF3N2O2/c1-13-11-27(12-14(2)29-13)19(15-6-4-3-5-7-15)20(28)26-16-8-9-18(22)17(10-16)21(23,24)25/h3-10,13-14,19H,11-12H2,1-2H3,(H,26,28)/t13-,14+,19-/m0/s1. The number of hydrogen-bond donors (Lipinski definition) is 1. The Hall–Kier alpha value is -2.09. The largest absolute Gasteiger partial charge is 0.417 e. The summed E-state index contributed by atoms with van der Waals surface area (Å²) in [5.74, 6) is -0.409. The van der Waals surface area contributed by atoms with Gasteiger partial charge in [0.05, 0.1) is 22.8 Å². The highest BCUT2D eigenvalue weighted by Crippen LogP contribution is 2.36. The van der Waals surface area contributed by atoms with Crippen LogP contribution in [0.15, 0.2) is 48.5 Å². The molecule has 1 heterocycles. The molecule has 0 saturated carbocycles. The summed E-state index contributed by atoms with van der Waals surface area (Å²) in [5.41, 5.74) is -0.180. The number of halogens is 4. The maximum Gasteiger partial charge on any atom is 0.417 e. The molecule has 3 rings (SSSR count). The molecule has 1 amide bonds.